The zero-order chi connectivity index (χ0) is 13.4. The maximum atomic E-state index is 11.8. The lowest BCUT2D eigenvalue weighted by Gasteiger charge is -1.99. The van der Waals surface area contributed by atoms with E-state index in [0.29, 0.717) is 16.7 Å². The number of carbonyl (C=O) groups excluding carboxylic acids is 1. The van der Waals surface area contributed by atoms with Crippen LogP contribution in [0.3, 0.4) is 0 Å². The van der Waals surface area contributed by atoms with E-state index in [2.05, 4.69) is 16.7 Å². The van der Waals surface area contributed by atoms with Gasteiger partial charge in [-0.15, -0.1) is 11.7 Å². The zero-order valence-electron chi connectivity index (χ0n) is 10.4. The molecule has 2 aromatic heterocycles. The molecule has 2 heterocycles. The Hall–Kier alpha value is -2.08. The van der Waals surface area contributed by atoms with Gasteiger partial charge < -0.3 is 0 Å². The van der Waals surface area contributed by atoms with E-state index in [4.69, 9.17) is 0 Å². The number of hydrogen-bond donors (Lipinski definition) is 0. The highest BCUT2D eigenvalue weighted by Crippen LogP contribution is 2.22. The van der Waals surface area contributed by atoms with E-state index in [-0.39, 0.29) is 5.91 Å². The summed E-state index contributed by atoms with van der Waals surface area (Å²) in [7, 11) is 0. The van der Waals surface area contributed by atoms with Gasteiger partial charge in [0.1, 0.15) is 0 Å². The second-order valence-electron chi connectivity index (χ2n) is 4.05. The molecule has 96 valence electrons. The molecule has 0 atom stereocenters. The highest BCUT2D eigenvalue weighted by Gasteiger charge is 2.18. The van der Waals surface area contributed by atoms with Crippen molar-refractivity contribution < 1.29 is 4.79 Å². The third-order valence-corrected chi connectivity index (χ3v) is 3.67. The van der Waals surface area contributed by atoms with Gasteiger partial charge >= 0.3 is 0 Å². The van der Waals surface area contributed by atoms with Gasteiger partial charge in [-0.05, 0) is 12.1 Å². The summed E-state index contributed by atoms with van der Waals surface area (Å²) in [6, 6.07) is 7.69. The number of thioether (sulfide) groups is 1. The highest BCUT2D eigenvalue weighted by atomic mass is 32.2. The van der Waals surface area contributed by atoms with E-state index in [0.717, 1.165) is 11.0 Å². The Morgan fingerprint density at radius 3 is 3.00 bits per heavy atom. The molecule has 1 aromatic carbocycles. The molecule has 0 bridgehead atoms. The second-order valence-corrected chi connectivity index (χ2v) is 5.04. The molecule has 0 radical (unpaired) electrons. The number of rotatable bonds is 3. The summed E-state index contributed by atoms with van der Waals surface area (Å²) >= 11 is 1.47. The van der Waals surface area contributed by atoms with Crippen LogP contribution in [-0.4, -0.2) is 30.8 Å². The Morgan fingerprint density at radius 1 is 1.47 bits per heavy atom. The van der Waals surface area contributed by atoms with E-state index < -0.39 is 0 Å². The van der Waals surface area contributed by atoms with Crippen LogP contribution in [0.4, 0.5) is 0 Å². The molecule has 0 amide bonds. The fraction of sp³-hybridized carbons (Fsp3) is 0.154. The molecule has 0 fully saturated rings. The van der Waals surface area contributed by atoms with Crippen molar-refractivity contribution in [1.29, 1.82) is 0 Å². The molecule has 5 nitrogen and oxygen atoms in total. The van der Waals surface area contributed by atoms with Gasteiger partial charge in [-0.3, -0.25) is 4.79 Å². The van der Waals surface area contributed by atoms with Gasteiger partial charge in [0.25, 0.3) is 0 Å². The minimum atomic E-state index is -0.0932. The molecule has 0 unspecified atom stereocenters. The molecule has 0 saturated heterocycles. The van der Waals surface area contributed by atoms with Crippen LogP contribution >= 0.6 is 11.8 Å². The summed E-state index contributed by atoms with van der Waals surface area (Å²) < 4.78 is 3.25. The summed E-state index contributed by atoms with van der Waals surface area (Å²) in [4.78, 5) is 16.3. The summed E-state index contributed by atoms with van der Waals surface area (Å²) in [6.07, 6.45) is 1.78. The zero-order valence-corrected chi connectivity index (χ0v) is 11.2. The number of benzene rings is 1. The third kappa shape index (κ3) is 1.84. The first-order valence-electron chi connectivity index (χ1n) is 5.83. The van der Waals surface area contributed by atoms with Gasteiger partial charge in [-0.2, -0.15) is 4.52 Å². The molecule has 3 aromatic rings. The number of carbonyl (C=O) groups is 1. The topological polar surface area (TPSA) is 52.2 Å². The monoisotopic (exact) mass is 272 g/mol. The van der Waals surface area contributed by atoms with Gasteiger partial charge in [-0.1, -0.05) is 30.0 Å². The first kappa shape index (κ1) is 12.0. The predicted octanol–water partition coefficient (Wildman–Crippen LogP) is 2.62. The van der Waals surface area contributed by atoms with E-state index >= 15 is 0 Å². The third-order valence-electron chi connectivity index (χ3n) is 2.74. The molecule has 0 aliphatic rings. The number of hydrogen-bond acceptors (Lipinski definition) is 4. The standard InChI is InChI=1S/C13H12N4OS/c1-3-8-19-13-15-17-11-7-5-4-6-10(11)14-12(17)16(13)9(2)18/h3-7H,1,8H2,2H3. The van der Waals surface area contributed by atoms with Crippen LogP contribution in [0, 0.1) is 0 Å². The highest BCUT2D eigenvalue weighted by molar-refractivity contribution is 7.99. The van der Waals surface area contributed by atoms with E-state index in [1.165, 1.54) is 23.3 Å². The van der Waals surface area contributed by atoms with E-state index in [1.807, 2.05) is 24.3 Å². The van der Waals surface area contributed by atoms with Crippen LogP contribution in [0.1, 0.15) is 11.7 Å². The van der Waals surface area contributed by atoms with E-state index in [9.17, 15) is 4.79 Å². The molecule has 0 aliphatic heterocycles. The Labute approximate surface area is 113 Å². The van der Waals surface area contributed by atoms with Crippen LogP contribution in [0.15, 0.2) is 42.1 Å². The molecule has 0 aliphatic carbocycles. The largest absolute Gasteiger partial charge is 0.274 e. The lowest BCUT2D eigenvalue weighted by atomic mass is 10.3. The Kier molecular flexibility index (Phi) is 2.87. The molecular weight excluding hydrogens is 260 g/mol. The molecule has 0 spiro atoms. The number of fused-ring (bicyclic) bond motifs is 3. The van der Waals surface area contributed by atoms with Gasteiger partial charge in [0.2, 0.25) is 11.7 Å². The van der Waals surface area contributed by atoms with Crippen molar-refractivity contribution in [2.45, 2.75) is 12.1 Å². The smallest absolute Gasteiger partial charge is 0.241 e. The molecular formula is C13H12N4OS. The molecule has 0 N–H and O–H groups in total. The normalized spacial score (nSPS) is 11.2. The fourth-order valence-electron chi connectivity index (χ4n) is 1.96. The summed E-state index contributed by atoms with van der Waals surface area (Å²) in [5, 5.41) is 5.11. The SMILES string of the molecule is C=CCSc1nn2c3ccccc3nc2n1C(C)=O. The molecule has 3 rings (SSSR count). The van der Waals surface area contributed by atoms with Crippen molar-refractivity contribution in [2.24, 2.45) is 0 Å². The summed E-state index contributed by atoms with van der Waals surface area (Å²) in [5.41, 5.74) is 1.73. The summed E-state index contributed by atoms with van der Waals surface area (Å²) in [6.45, 7) is 5.19. The van der Waals surface area contributed by atoms with E-state index in [1.54, 1.807) is 10.6 Å². The van der Waals surface area contributed by atoms with Crippen molar-refractivity contribution in [3.63, 3.8) is 0 Å². The maximum absolute atomic E-state index is 11.8. The first-order chi connectivity index (χ1) is 9.22. The van der Waals surface area contributed by atoms with Crippen molar-refractivity contribution in [2.75, 3.05) is 5.75 Å². The predicted molar refractivity (Wildman–Crippen MR) is 75.7 cm³/mol. The first-order valence-corrected chi connectivity index (χ1v) is 6.82. The number of nitrogens with zero attached hydrogens (tertiary/aromatic N) is 4. The minimum Gasteiger partial charge on any atom is -0.274 e. The lowest BCUT2D eigenvalue weighted by Crippen LogP contribution is -2.07. The lowest BCUT2D eigenvalue weighted by molar-refractivity contribution is 0.0931. The van der Waals surface area contributed by atoms with Gasteiger partial charge in [0.15, 0.2) is 5.16 Å². The molecule has 6 heteroatoms. The number of aromatic nitrogens is 4. The van der Waals surface area contributed by atoms with Crippen LogP contribution < -0.4 is 0 Å². The van der Waals surface area contributed by atoms with Crippen molar-refractivity contribution in [3.8, 4) is 0 Å². The summed E-state index contributed by atoms with van der Waals surface area (Å²) in [5.74, 6) is 1.16. The number of imidazole rings is 1. The van der Waals surface area contributed by atoms with Crippen LogP contribution in [-0.2, 0) is 0 Å². The quantitative estimate of drug-likeness (QED) is 0.543. The number of para-hydroxylation sites is 2. The average Bonchev–Trinajstić information content (AvgIpc) is 2.91. The van der Waals surface area contributed by atoms with Crippen LogP contribution in [0.5, 0.6) is 0 Å². The van der Waals surface area contributed by atoms with Gasteiger partial charge in [-0.25, -0.2) is 9.55 Å². The maximum Gasteiger partial charge on any atom is 0.241 e. The Bertz CT molecular complexity index is 786. The Balaban J connectivity index is 2.30. The molecule has 0 saturated carbocycles. The average molecular weight is 272 g/mol. The van der Waals surface area contributed by atoms with Gasteiger partial charge in [0.05, 0.1) is 11.0 Å². The Morgan fingerprint density at radius 2 is 2.26 bits per heavy atom. The van der Waals surface area contributed by atoms with Gasteiger partial charge in [0, 0.05) is 12.7 Å². The van der Waals surface area contributed by atoms with Crippen molar-refractivity contribution in [1.82, 2.24) is 19.2 Å². The minimum absolute atomic E-state index is 0.0932. The fourth-order valence-corrected chi connectivity index (χ4v) is 2.71. The van der Waals surface area contributed by atoms with Crippen molar-refractivity contribution >= 4 is 34.5 Å². The molecule has 19 heavy (non-hydrogen) atoms. The second kappa shape index (κ2) is 4.55. The van der Waals surface area contributed by atoms with Crippen molar-refractivity contribution in [3.05, 3.63) is 36.9 Å². The van der Waals surface area contributed by atoms with Crippen LogP contribution in [0.2, 0.25) is 0 Å². The van der Waals surface area contributed by atoms with Crippen LogP contribution in [0.25, 0.3) is 16.8 Å².